The third-order valence-electron chi connectivity index (χ3n) is 4.37. The summed E-state index contributed by atoms with van der Waals surface area (Å²) in [4.78, 5) is 22.4. The van der Waals surface area contributed by atoms with Crippen LogP contribution in [0.5, 0.6) is 0 Å². The van der Waals surface area contributed by atoms with Crippen molar-refractivity contribution in [1.29, 1.82) is 0 Å². The lowest BCUT2D eigenvalue weighted by Gasteiger charge is -2.14. The molecule has 0 spiro atoms. The molecular weight excluding hydrogens is 273 g/mol. The standard InChI is InChI=1S/C18H26BNO2/c1-6-15(7-11(2)9-20-14(5)22)16(10-21)8-12(3)17-13(4)18(17)19/h6,8,10-11,13,17-18H,1,7,9H2,2-5H3,(H,20,22)/b12-8+,16-15-/t11?,13-,17?,18?/m0/s1. The van der Waals surface area contributed by atoms with Crippen LogP contribution in [0.15, 0.2) is 35.5 Å². The summed E-state index contributed by atoms with van der Waals surface area (Å²) >= 11 is 0. The molecule has 1 amide bonds. The van der Waals surface area contributed by atoms with Crippen molar-refractivity contribution < 1.29 is 9.59 Å². The Bertz CT molecular complexity index is 499. The lowest BCUT2D eigenvalue weighted by atomic mass is 9.93. The van der Waals surface area contributed by atoms with Crippen molar-refractivity contribution in [2.24, 2.45) is 17.8 Å². The van der Waals surface area contributed by atoms with Crippen LogP contribution in [0.4, 0.5) is 0 Å². The smallest absolute Gasteiger partial charge is 0.216 e. The van der Waals surface area contributed by atoms with Crippen LogP contribution in [0.2, 0.25) is 5.82 Å². The van der Waals surface area contributed by atoms with Gasteiger partial charge in [-0.05, 0) is 36.7 Å². The van der Waals surface area contributed by atoms with E-state index in [-0.39, 0.29) is 17.6 Å². The summed E-state index contributed by atoms with van der Waals surface area (Å²) in [6.07, 6.45) is 5.25. The molecule has 1 N–H and O–H groups in total. The summed E-state index contributed by atoms with van der Waals surface area (Å²) in [5.74, 6) is 1.25. The van der Waals surface area contributed by atoms with Gasteiger partial charge in [0, 0.05) is 19.0 Å². The first-order valence-corrected chi connectivity index (χ1v) is 7.80. The number of carbonyl (C=O) groups is 2. The number of nitrogens with one attached hydrogen (secondary N) is 1. The van der Waals surface area contributed by atoms with E-state index in [2.05, 4.69) is 18.8 Å². The number of hydrogen-bond acceptors (Lipinski definition) is 2. The topological polar surface area (TPSA) is 46.2 Å². The first-order valence-electron chi connectivity index (χ1n) is 7.80. The summed E-state index contributed by atoms with van der Waals surface area (Å²) in [7, 11) is 5.98. The minimum absolute atomic E-state index is 0.0426. The molecule has 1 aliphatic rings. The molecule has 0 heterocycles. The minimum atomic E-state index is -0.0426. The second kappa shape index (κ2) is 8.16. The first kappa shape index (κ1) is 18.5. The molecule has 2 radical (unpaired) electrons. The molecule has 1 saturated carbocycles. The van der Waals surface area contributed by atoms with Gasteiger partial charge < -0.3 is 5.32 Å². The highest BCUT2D eigenvalue weighted by atomic mass is 16.1. The van der Waals surface area contributed by atoms with Gasteiger partial charge in [0.05, 0.1) is 7.85 Å². The van der Waals surface area contributed by atoms with Crippen LogP contribution in [0.1, 0.15) is 34.1 Å². The summed E-state index contributed by atoms with van der Waals surface area (Å²) < 4.78 is 0. The number of carbonyl (C=O) groups excluding carboxylic acids is 2. The van der Waals surface area contributed by atoms with Crippen LogP contribution in [0, 0.1) is 17.8 Å². The molecule has 1 rings (SSSR count). The molecule has 0 aromatic heterocycles. The van der Waals surface area contributed by atoms with Crippen molar-refractivity contribution in [2.45, 2.75) is 39.9 Å². The van der Waals surface area contributed by atoms with E-state index < -0.39 is 0 Å². The summed E-state index contributed by atoms with van der Waals surface area (Å²) in [6.45, 7) is 12.1. The van der Waals surface area contributed by atoms with Gasteiger partial charge in [0.1, 0.15) is 6.29 Å². The predicted octanol–water partition coefficient (Wildman–Crippen LogP) is 3.00. The van der Waals surface area contributed by atoms with E-state index in [1.165, 1.54) is 6.92 Å². The summed E-state index contributed by atoms with van der Waals surface area (Å²) in [5.41, 5.74) is 2.72. The average molecular weight is 299 g/mol. The molecule has 22 heavy (non-hydrogen) atoms. The normalized spacial score (nSPS) is 26.7. The Hall–Kier alpha value is -1.58. The van der Waals surface area contributed by atoms with Gasteiger partial charge in [-0.25, -0.2) is 0 Å². The molecule has 4 heteroatoms. The predicted molar refractivity (Wildman–Crippen MR) is 91.7 cm³/mol. The Morgan fingerprint density at radius 3 is 2.41 bits per heavy atom. The van der Waals surface area contributed by atoms with Crippen LogP contribution < -0.4 is 5.32 Å². The zero-order valence-corrected chi connectivity index (χ0v) is 14.1. The number of amides is 1. The largest absolute Gasteiger partial charge is 0.356 e. The molecule has 3 nitrogen and oxygen atoms in total. The Kier molecular flexibility index (Phi) is 6.85. The molecule has 1 aliphatic carbocycles. The maximum absolute atomic E-state index is 11.4. The molecule has 0 saturated heterocycles. The van der Waals surface area contributed by atoms with Crippen molar-refractivity contribution in [3.05, 3.63) is 35.5 Å². The Morgan fingerprint density at radius 1 is 1.41 bits per heavy atom. The van der Waals surface area contributed by atoms with Crippen molar-refractivity contribution in [1.82, 2.24) is 5.32 Å². The van der Waals surface area contributed by atoms with Gasteiger partial charge in [-0.15, -0.1) is 0 Å². The lowest BCUT2D eigenvalue weighted by molar-refractivity contribution is -0.119. The maximum atomic E-state index is 11.4. The maximum Gasteiger partial charge on any atom is 0.216 e. The highest BCUT2D eigenvalue weighted by Gasteiger charge is 2.42. The molecule has 1 fully saturated rings. The second-order valence-electron chi connectivity index (χ2n) is 6.40. The van der Waals surface area contributed by atoms with E-state index >= 15 is 0 Å². The lowest BCUT2D eigenvalue weighted by Crippen LogP contribution is -2.25. The molecule has 0 bridgehead atoms. The van der Waals surface area contributed by atoms with Gasteiger partial charge in [0.2, 0.25) is 5.91 Å². The average Bonchev–Trinajstić information content (AvgIpc) is 3.07. The van der Waals surface area contributed by atoms with Crippen molar-refractivity contribution in [3.8, 4) is 0 Å². The van der Waals surface area contributed by atoms with Gasteiger partial charge in [-0.3, -0.25) is 9.59 Å². The Labute approximate surface area is 135 Å². The van der Waals surface area contributed by atoms with Gasteiger partial charge in [-0.1, -0.05) is 44.0 Å². The van der Waals surface area contributed by atoms with Crippen molar-refractivity contribution in [2.75, 3.05) is 6.54 Å². The van der Waals surface area contributed by atoms with Crippen LogP contribution in [0.25, 0.3) is 0 Å². The Morgan fingerprint density at radius 2 is 2.00 bits per heavy atom. The fourth-order valence-electron chi connectivity index (χ4n) is 2.84. The molecule has 0 aromatic carbocycles. The first-order chi connectivity index (χ1) is 10.3. The number of rotatable bonds is 8. The van der Waals surface area contributed by atoms with E-state index in [9.17, 15) is 9.59 Å². The Balaban J connectivity index is 2.83. The number of hydrogen-bond donors (Lipinski definition) is 1. The highest BCUT2D eigenvalue weighted by Crippen LogP contribution is 2.53. The summed E-state index contributed by atoms with van der Waals surface area (Å²) in [5, 5.41) is 2.80. The van der Waals surface area contributed by atoms with E-state index in [0.29, 0.717) is 30.4 Å². The molecule has 118 valence electrons. The van der Waals surface area contributed by atoms with Crippen LogP contribution in [-0.4, -0.2) is 26.6 Å². The molecule has 4 atom stereocenters. The van der Waals surface area contributed by atoms with E-state index in [1.54, 1.807) is 6.08 Å². The fourth-order valence-corrected chi connectivity index (χ4v) is 2.84. The third-order valence-corrected chi connectivity index (χ3v) is 4.37. The van der Waals surface area contributed by atoms with Gasteiger partial charge >= 0.3 is 0 Å². The minimum Gasteiger partial charge on any atom is -0.356 e. The molecule has 0 aromatic rings. The monoisotopic (exact) mass is 299 g/mol. The van der Waals surface area contributed by atoms with E-state index in [4.69, 9.17) is 7.85 Å². The van der Waals surface area contributed by atoms with Crippen LogP contribution in [0.3, 0.4) is 0 Å². The number of allylic oxidation sites excluding steroid dienone is 5. The van der Waals surface area contributed by atoms with Crippen molar-refractivity contribution in [3.63, 3.8) is 0 Å². The SMILES string of the molecule is [B]C1C(/C(C)=C/C(C=O)=C(\C=C)CC(C)CNC(C)=O)[C@@H]1C. The molecule has 0 aliphatic heterocycles. The van der Waals surface area contributed by atoms with Crippen LogP contribution in [-0.2, 0) is 9.59 Å². The molecular formula is C18H26BNO2. The highest BCUT2D eigenvalue weighted by molar-refractivity contribution is 6.14. The third kappa shape index (κ3) is 5.01. The zero-order valence-electron chi connectivity index (χ0n) is 14.1. The van der Waals surface area contributed by atoms with E-state index in [0.717, 1.165) is 17.4 Å². The van der Waals surface area contributed by atoms with Gasteiger partial charge in [0.15, 0.2) is 0 Å². The van der Waals surface area contributed by atoms with Crippen LogP contribution >= 0.6 is 0 Å². The second-order valence-corrected chi connectivity index (χ2v) is 6.40. The quantitative estimate of drug-likeness (QED) is 0.324. The zero-order chi connectivity index (χ0) is 16.9. The van der Waals surface area contributed by atoms with Gasteiger partial charge in [-0.2, -0.15) is 0 Å². The van der Waals surface area contributed by atoms with Crippen molar-refractivity contribution >= 4 is 20.0 Å². The summed E-state index contributed by atoms with van der Waals surface area (Å²) in [6, 6.07) is 0. The fraction of sp³-hybridized carbons (Fsp3) is 0.556. The number of aldehydes is 1. The van der Waals surface area contributed by atoms with E-state index in [1.807, 2.05) is 19.9 Å². The van der Waals surface area contributed by atoms with Gasteiger partial charge in [0.25, 0.3) is 0 Å². The molecule has 3 unspecified atom stereocenters.